The number of ether oxygens (including phenoxy) is 1. The number of morpholine rings is 1. The number of carboxylic acid groups (broad SMARTS) is 1. The zero-order valence-corrected chi connectivity index (χ0v) is 11.3. The van der Waals surface area contributed by atoms with E-state index in [4.69, 9.17) is 15.6 Å². The number of carboxylic acids is 1. The molecule has 1 amide bonds. The molecule has 1 heterocycles. The van der Waals surface area contributed by atoms with Crippen molar-refractivity contribution in [1.82, 2.24) is 4.90 Å². The first-order chi connectivity index (χ1) is 8.52. The van der Waals surface area contributed by atoms with Gasteiger partial charge in [-0.3, -0.25) is 9.59 Å². The van der Waals surface area contributed by atoms with Crippen LogP contribution in [0.25, 0.3) is 0 Å². The van der Waals surface area contributed by atoms with Gasteiger partial charge in [0, 0.05) is 13.1 Å². The Hall–Kier alpha value is -0.790. The van der Waals surface area contributed by atoms with Gasteiger partial charge < -0.3 is 20.5 Å². The highest BCUT2D eigenvalue weighted by Crippen LogP contribution is 2.16. The lowest BCUT2D eigenvalue weighted by Crippen LogP contribution is -2.44. The maximum atomic E-state index is 12.0. The van der Waals surface area contributed by atoms with Crippen molar-refractivity contribution >= 4 is 23.6 Å². The summed E-state index contributed by atoms with van der Waals surface area (Å²) in [6.45, 7) is 4.30. The van der Waals surface area contributed by atoms with Crippen molar-refractivity contribution in [2.75, 3.05) is 32.1 Å². The number of rotatable bonds is 6. The third-order valence-electron chi connectivity index (χ3n) is 2.78. The Bertz CT molecular complexity index is 295. The summed E-state index contributed by atoms with van der Waals surface area (Å²) >= 11 is 1.45. The number of aliphatic carboxylic acids is 1. The van der Waals surface area contributed by atoms with Crippen molar-refractivity contribution in [3.63, 3.8) is 0 Å². The zero-order valence-electron chi connectivity index (χ0n) is 10.5. The normalized spacial score (nSPS) is 19.3. The minimum atomic E-state index is -0.997. The van der Waals surface area contributed by atoms with Crippen molar-refractivity contribution in [2.45, 2.75) is 24.6 Å². The van der Waals surface area contributed by atoms with Crippen LogP contribution in [0.3, 0.4) is 0 Å². The second-order valence-electron chi connectivity index (χ2n) is 4.18. The first-order valence-corrected chi connectivity index (χ1v) is 7.03. The number of hydrogen-bond acceptors (Lipinski definition) is 5. The van der Waals surface area contributed by atoms with E-state index in [1.54, 1.807) is 4.90 Å². The molecule has 18 heavy (non-hydrogen) atoms. The van der Waals surface area contributed by atoms with Gasteiger partial charge in [0.25, 0.3) is 0 Å². The van der Waals surface area contributed by atoms with Crippen LogP contribution in [0.4, 0.5) is 0 Å². The second kappa shape index (κ2) is 7.60. The molecule has 0 aromatic rings. The Morgan fingerprint density at radius 1 is 1.44 bits per heavy atom. The molecule has 1 fully saturated rings. The quantitative estimate of drug-likeness (QED) is 0.696. The van der Waals surface area contributed by atoms with Gasteiger partial charge in [-0.05, 0) is 19.1 Å². The van der Waals surface area contributed by atoms with E-state index < -0.39 is 12.0 Å². The van der Waals surface area contributed by atoms with Gasteiger partial charge in [0.05, 0.1) is 18.5 Å². The van der Waals surface area contributed by atoms with Crippen molar-refractivity contribution in [3.05, 3.63) is 0 Å². The number of amides is 1. The predicted molar refractivity (Wildman–Crippen MR) is 69.5 cm³/mol. The van der Waals surface area contributed by atoms with Gasteiger partial charge in [0.2, 0.25) is 5.91 Å². The first-order valence-electron chi connectivity index (χ1n) is 5.99. The Morgan fingerprint density at radius 3 is 2.61 bits per heavy atom. The lowest BCUT2D eigenvalue weighted by molar-refractivity contribution is -0.138. The van der Waals surface area contributed by atoms with Gasteiger partial charge in [-0.2, -0.15) is 0 Å². The summed E-state index contributed by atoms with van der Waals surface area (Å²) in [6.07, 6.45) is 0.376. The molecule has 1 aliphatic heterocycles. The fraction of sp³-hybridized carbons (Fsp3) is 0.818. The van der Waals surface area contributed by atoms with Crippen LogP contribution >= 0.6 is 11.8 Å². The van der Waals surface area contributed by atoms with E-state index in [-0.39, 0.29) is 11.2 Å². The number of carbonyl (C=O) groups is 2. The number of carbonyl (C=O) groups excluding carboxylic acids is 1. The van der Waals surface area contributed by atoms with E-state index in [0.717, 1.165) is 0 Å². The monoisotopic (exact) mass is 276 g/mol. The lowest BCUT2D eigenvalue weighted by atomic mass is 10.2. The van der Waals surface area contributed by atoms with Crippen LogP contribution in [0.2, 0.25) is 0 Å². The molecule has 2 atom stereocenters. The number of hydrogen-bond donors (Lipinski definition) is 2. The SMILES string of the molecule is CC(SCCC(N)C(=O)O)C(=O)N1CCOCC1. The molecule has 1 saturated heterocycles. The minimum Gasteiger partial charge on any atom is -0.480 e. The third-order valence-corrected chi connectivity index (χ3v) is 3.96. The molecule has 0 saturated carbocycles. The van der Waals surface area contributed by atoms with Crippen LogP contribution in [0, 0.1) is 0 Å². The minimum absolute atomic E-state index is 0.0900. The second-order valence-corrected chi connectivity index (χ2v) is 5.63. The average molecular weight is 276 g/mol. The maximum Gasteiger partial charge on any atom is 0.320 e. The Labute approximate surface area is 111 Å². The largest absolute Gasteiger partial charge is 0.480 e. The van der Waals surface area contributed by atoms with Crippen LogP contribution in [-0.4, -0.2) is 65.2 Å². The number of nitrogens with two attached hydrogens (primary N) is 1. The summed E-state index contributed by atoms with van der Waals surface area (Å²) in [4.78, 5) is 24.3. The Balaban J connectivity index is 2.24. The molecule has 0 aromatic heterocycles. The van der Waals surface area contributed by atoms with Crippen LogP contribution in [0.1, 0.15) is 13.3 Å². The molecule has 0 spiro atoms. The third kappa shape index (κ3) is 4.83. The molecule has 1 aliphatic rings. The summed E-state index contributed by atoms with van der Waals surface area (Å²) in [5, 5.41) is 8.47. The van der Waals surface area contributed by atoms with Crippen molar-refractivity contribution in [2.24, 2.45) is 5.73 Å². The van der Waals surface area contributed by atoms with Gasteiger partial charge in [-0.25, -0.2) is 0 Å². The van der Waals surface area contributed by atoms with E-state index in [0.29, 0.717) is 38.5 Å². The fourth-order valence-electron chi connectivity index (χ4n) is 1.61. The summed E-state index contributed by atoms with van der Waals surface area (Å²) in [6, 6.07) is -0.844. The Kier molecular flexibility index (Phi) is 6.45. The molecule has 1 rings (SSSR count). The molecule has 3 N–H and O–H groups in total. The van der Waals surface area contributed by atoms with Crippen molar-refractivity contribution in [1.29, 1.82) is 0 Å². The van der Waals surface area contributed by atoms with Gasteiger partial charge in [0.1, 0.15) is 6.04 Å². The molecule has 0 aliphatic carbocycles. The van der Waals surface area contributed by atoms with E-state index in [1.165, 1.54) is 11.8 Å². The van der Waals surface area contributed by atoms with Crippen LogP contribution in [0.15, 0.2) is 0 Å². The fourth-order valence-corrected chi connectivity index (χ4v) is 2.64. The first kappa shape index (κ1) is 15.3. The smallest absolute Gasteiger partial charge is 0.320 e. The number of thioether (sulfide) groups is 1. The summed E-state index contributed by atoms with van der Waals surface area (Å²) in [5.41, 5.74) is 5.40. The van der Waals surface area contributed by atoms with E-state index in [2.05, 4.69) is 0 Å². The van der Waals surface area contributed by atoms with Crippen LogP contribution in [0.5, 0.6) is 0 Å². The highest BCUT2D eigenvalue weighted by atomic mass is 32.2. The molecular weight excluding hydrogens is 256 g/mol. The number of nitrogens with zero attached hydrogens (tertiary/aromatic N) is 1. The highest BCUT2D eigenvalue weighted by Gasteiger charge is 2.23. The topological polar surface area (TPSA) is 92.9 Å². The molecule has 7 heteroatoms. The summed E-state index contributed by atoms with van der Waals surface area (Å²) in [7, 11) is 0. The molecule has 0 aromatic carbocycles. The van der Waals surface area contributed by atoms with Crippen LogP contribution in [-0.2, 0) is 14.3 Å². The summed E-state index contributed by atoms with van der Waals surface area (Å²) < 4.78 is 5.19. The molecule has 0 bridgehead atoms. The lowest BCUT2D eigenvalue weighted by Gasteiger charge is -2.29. The van der Waals surface area contributed by atoms with Crippen molar-refractivity contribution in [3.8, 4) is 0 Å². The molecule has 2 unspecified atom stereocenters. The zero-order chi connectivity index (χ0) is 13.5. The average Bonchev–Trinajstić information content (AvgIpc) is 2.38. The van der Waals surface area contributed by atoms with E-state index >= 15 is 0 Å². The Morgan fingerprint density at radius 2 is 2.06 bits per heavy atom. The standard InChI is InChI=1S/C11H20N2O4S/c1-8(18-7-2-9(12)11(15)16)10(14)13-3-5-17-6-4-13/h8-9H,2-7,12H2,1H3,(H,15,16). The highest BCUT2D eigenvalue weighted by molar-refractivity contribution is 8.00. The van der Waals surface area contributed by atoms with E-state index in [1.807, 2.05) is 6.92 Å². The van der Waals surface area contributed by atoms with Gasteiger partial charge in [0.15, 0.2) is 0 Å². The molecule has 0 radical (unpaired) electrons. The van der Waals surface area contributed by atoms with Gasteiger partial charge in [-0.15, -0.1) is 11.8 Å². The van der Waals surface area contributed by atoms with Crippen LogP contribution < -0.4 is 5.73 Å². The molecule has 104 valence electrons. The van der Waals surface area contributed by atoms with Gasteiger partial charge >= 0.3 is 5.97 Å². The summed E-state index contributed by atoms with van der Waals surface area (Å²) in [5.74, 6) is -0.333. The van der Waals surface area contributed by atoms with E-state index in [9.17, 15) is 9.59 Å². The molecule has 6 nitrogen and oxygen atoms in total. The predicted octanol–water partition coefficient (Wildman–Crippen LogP) is -0.231. The van der Waals surface area contributed by atoms with Gasteiger partial charge in [-0.1, -0.05) is 0 Å². The maximum absolute atomic E-state index is 12.0. The molecular formula is C11H20N2O4S. The van der Waals surface area contributed by atoms with Crippen molar-refractivity contribution < 1.29 is 19.4 Å².